The van der Waals surface area contributed by atoms with Crippen molar-refractivity contribution in [3.05, 3.63) is 65.2 Å². The van der Waals surface area contributed by atoms with Crippen molar-refractivity contribution < 1.29 is 19.1 Å². The number of nitrogens with one attached hydrogen (secondary N) is 1. The molecule has 0 fully saturated rings. The zero-order valence-corrected chi connectivity index (χ0v) is 14.5. The molecule has 25 heavy (non-hydrogen) atoms. The summed E-state index contributed by atoms with van der Waals surface area (Å²) in [5.74, 6) is -0.219. The van der Waals surface area contributed by atoms with E-state index < -0.39 is 5.97 Å². The van der Waals surface area contributed by atoms with E-state index in [1.165, 1.54) is 6.08 Å². The summed E-state index contributed by atoms with van der Waals surface area (Å²) in [7, 11) is 1.59. The van der Waals surface area contributed by atoms with E-state index in [2.05, 4.69) is 5.32 Å². The number of hydrogen-bond acceptors (Lipinski definition) is 4. The third-order valence-electron chi connectivity index (χ3n) is 3.66. The van der Waals surface area contributed by atoms with Crippen LogP contribution in [0.15, 0.2) is 48.5 Å². The number of benzene rings is 2. The van der Waals surface area contributed by atoms with Crippen molar-refractivity contribution in [2.75, 3.05) is 19.0 Å². The highest BCUT2D eigenvalue weighted by molar-refractivity contribution is 5.94. The zero-order chi connectivity index (χ0) is 18.2. The third kappa shape index (κ3) is 5.80. The van der Waals surface area contributed by atoms with Crippen LogP contribution < -0.4 is 10.1 Å². The van der Waals surface area contributed by atoms with Gasteiger partial charge in [0.2, 0.25) is 0 Å². The lowest BCUT2D eigenvalue weighted by Gasteiger charge is -2.07. The highest BCUT2D eigenvalue weighted by Gasteiger charge is 2.06. The molecule has 130 valence electrons. The van der Waals surface area contributed by atoms with Gasteiger partial charge in [-0.05, 0) is 60.9 Å². The quantitative estimate of drug-likeness (QED) is 0.646. The van der Waals surface area contributed by atoms with Crippen LogP contribution in [-0.4, -0.2) is 25.6 Å². The molecule has 0 spiro atoms. The van der Waals surface area contributed by atoms with E-state index in [4.69, 9.17) is 9.47 Å². The maximum Gasteiger partial charge on any atom is 0.331 e. The first-order valence-electron chi connectivity index (χ1n) is 7.84. The molecule has 5 heteroatoms. The molecule has 0 saturated carbocycles. The molecule has 2 aromatic carbocycles. The molecule has 0 bridgehead atoms. The number of methoxy groups -OCH3 is 1. The van der Waals surface area contributed by atoms with Crippen LogP contribution in [0.5, 0.6) is 5.75 Å². The monoisotopic (exact) mass is 339 g/mol. The normalized spacial score (nSPS) is 10.5. The lowest BCUT2D eigenvalue weighted by atomic mass is 10.1. The topological polar surface area (TPSA) is 64.6 Å². The number of carbonyl (C=O) groups excluding carboxylic acids is 2. The molecule has 0 aliphatic heterocycles. The summed E-state index contributed by atoms with van der Waals surface area (Å²) in [6, 6.07) is 12.8. The van der Waals surface area contributed by atoms with Crippen molar-refractivity contribution in [2.24, 2.45) is 0 Å². The highest BCUT2D eigenvalue weighted by Crippen LogP contribution is 2.14. The van der Waals surface area contributed by atoms with Gasteiger partial charge in [-0.15, -0.1) is 0 Å². The summed E-state index contributed by atoms with van der Waals surface area (Å²) in [6.07, 6.45) is 2.90. The standard InChI is InChI=1S/C20H21NO4/c1-14-4-8-17(12-15(14)2)21-19(22)13-25-20(23)11-7-16-5-9-18(24-3)10-6-16/h4-12H,13H2,1-3H3,(H,21,22)/b11-7+. The zero-order valence-electron chi connectivity index (χ0n) is 14.5. The van der Waals surface area contributed by atoms with Gasteiger partial charge >= 0.3 is 5.97 Å². The summed E-state index contributed by atoms with van der Waals surface area (Å²) < 4.78 is 10.00. The molecule has 0 atom stereocenters. The highest BCUT2D eigenvalue weighted by atomic mass is 16.5. The number of carbonyl (C=O) groups is 2. The van der Waals surface area contributed by atoms with Crippen LogP contribution in [0.3, 0.4) is 0 Å². The molecule has 0 radical (unpaired) electrons. The lowest BCUT2D eigenvalue weighted by molar-refractivity contribution is -0.142. The maximum absolute atomic E-state index is 11.8. The Morgan fingerprint density at radius 2 is 1.76 bits per heavy atom. The fraction of sp³-hybridized carbons (Fsp3) is 0.200. The fourth-order valence-corrected chi connectivity index (χ4v) is 2.08. The third-order valence-corrected chi connectivity index (χ3v) is 3.66. The van der Waals surface area contributed by atoms with Crippen molar-refractivity contribution in [1.82, 2.24) is 0 Å². The van der Waals surface area contributed by atoms with E-state index in [0.29, 0.717) is 5.69 Å². The Hall–Kier alpha value is -3.08. The number of aryl methyl sites for hydroxylation is 2. The second-order valence-corrected chi connectivity index (χ2v) is 5.56. The Labute approximate surface area is 147 Å². The van der Waals surface area contributed by atoms with Gasteiger partial charge in [0.15, 0.2) is 6.61 Å². The van der Waals surface area contributed by atoms with Gasteiger partial charge in [0.1, 0.15) is 5.75 Å². The minimum absolute atomic E-state index is 0.335. The van der Waals surface area contributed by atoms with Crippen LogP contribution in [0.1, 0.15) is 16.7 Å². The number of anilines is 1. The van der Waals surface area contributed by atoms with Crippen molar-refractivity contribution in [2.45, 2.75) is 13.8 Å². The van der Waals surface area contributed by atoms with Gasteiger partial charge in [-0.1, -0.05) is 18.2 Å². The smallest absolute Gasteiger partial charge is 0.331 e. The molecule has 0 unspecified atom stereocenters. The van der Waals surface area contributed by atoms with E-state index in [1.807, 2.05) is 44.2 Å². The summed E-state index contributed by atoms with van der Waals surface area (Å²) in [6.45, 7) is 3.63. The van der Waals surface area contributed by atoms with E-state index in [1.54, 1.807) is 25.3 Å². The Morgan fingerprint density at radius 1 is 1.04 bits per heavy atom. The van der Waals surface area contributed by atoms with Gasteiger partial charge in [0, 0.05) is 11.8 Å². The number of hydrogen-bond donors (Lipinski definition) is 1. The predicted molar refractivity (Wildman–Crippen MR) is 97.5 cm³/mol. The summed E-state index contributed by atoms with van der Waals surface area (Å²) >= 11 is 0. The predicted octanol–water partition coefficient (Wildman–Crippen LogP) is 3.51. The minimum atomic E-state index is -0.578. The van der Waals surface area contributed by atoms with E-state index >= 15 is 0 Å². The Balaban J connectivity index is 1.81. The number of ether oxygens (including phenoxy) is 2. The van der Waals surface area contributed by atoms with Gasteiger partial charge in [-0.3, -0.25) is 4.79 Å². The summed E-state index contributed by atoms with van der Waals surface area (Å²) in [5.41, 5.74) is 3.74. The molecule has 2 aromatic rings. The van der Waals surface area contributed by atoms with Gasteiger partial charge < -0.3 is 14.8 Å². The molecule has 0 aliphatic carbocycles. The van der Waals surface area contributed by atoms with E-state index in [0.717, 1.165) is 22.4 Å². The van der Waals surface area contributed by atoms with Crippen molar-refractivity contribution >= 4 is 23.6 Å². The molecule has 0 saturated heterocycles. The molecular weight excluding hydrogens is 318 g/mol. The molecule has 0 aliphatic rings. The molecule has 5 nitrogen and oxygen atoms in total. The van der Waals surface area contributed by atoms with Gasteiger partial charge in [0.25, 0.3) is 5.91 Å². The van der Waals surface area contributed by atoms with E-state index in [-0.39, 0.29) is 12.5 Å². The molecular formula is C20H21NO4. The van der Waals surface area contributed by atoms with Crippen LogP contribution in [-0.2, 0) is 14.3 Å². The first-order chi connectivity index (χ1) is 12.0. The van der Waals surface area contributed by atoms with Crippen LogP contribution >= 0.6 is 0 Å². The van der Waals surface area contributed by atoms with Crippen LogP contribution in [0.2, 0.25) is 0 Å². The molecule has 1 amide bonds. The van der Waals surface area contributed by atoms with Gasteiger partial charge in [-0.25, -0.2) is 4.79 Å². The number of esters is 1. The number of rotatable bonds is 6. The van der Waals surface area contributed by atoms with Crippen molar-refractivity contribution in [1.29, 1.82) is 0 Å². The Kier molecular flexibility index (Phi) is 6.34. The van der Waals surface area contributed by atoms with E-state index in [9.17, 15) is 9.59 Å². The minimum Gasteiger partial charge on any atom is -0.497 e. The van der Waals surface area contributed by atoms with Gasteiger partial charge in [0.05, 0.1) is 7.11 Å². The summed E-state index contributed by atoms with van der Waals surface area (Å²) in [5, 5.41) is 2.70. The average molecular weight is 339 g/mol. The second-order valence-electron chi connectivity index (χ2n) is 5.56. The Morgan fingerprint density at radius 3 is 2.40 bits per heavy atom. The molecule has 0 heterocycles. The summed E-state index contributed by atoms with van der Waals surface area (Å²) in [4.78, 5) is 23.5. The van der Waals surface area contributed by atoms with Crippen molar-refractivity contribution in [3.63, 3.8) is 0 Å². The second kappa shape index (κ2) is 8.68. The Bertz CT molecular complexity index is 779. The largest absolute Gasteiger partial charge is 0.497 e. The fourth-order valence-electron chi connectivity index (χ4n) is 2.08. The first-order valence-corrected chi connectivity index (χ1v) is 7.84. The maximum atomic E-state index is 11.8. The molecule has 2 rings (SSSR count). The van der Waals surface area contributed by atoms with Crippen LogP contribution in [0.4, 0.5) is 5.69 Å². The van der Waals surface area contributed by atoms with Crippen LogP contribution in [0, 0.1) is 13.8 Å². The average Bonchev–Trinajstić information content (AvgIpc) is 2.61. The van der Waals surface area contributed by atoms with Gasteiger partial charge in [-0.2, -0.15) is 0 Å². The SMILES string of the molecule is COc1ccc(/C=C/C(=O)OCC(=O)Nc2ccc(C)c(C)c2)cc1. The van der Waals surface area contributed by atoms with Crippen molar-refractivity contribution in [3.8, 4) is 5.75 Å². The molecule has 1 N–H and O–H groups in total. The van der Waals surface area contributed by atoms with Crippen LogP contribution in [0.25, 0.3) is 6.08 Å². The lowest BCUT2D eigenvalue weighted by Crippen LogP contribution is -2.20. The number of amides is 1. The molecule has 0 aromatic heterocycles. The first kappa shape index (κ1) is 18.3.